The molecule has 0 aromatic carbocycles. The molecule has 0 N–H and O–H groups in total. The standard InChI is InChI=1S/C12H10O2Se2.C12H8Se3.C4H4Cl2O2.C4H4Se.Al.BCl3.3ClH/c13-9(11-3-1-7-15-11)5-6-10(14)12-4-2-8-16-12;1-3-9(13-7-1)11-5-6-12(15-11)10-4-2-8-14-10;5-3(7)1-2-4(6)8;1-2-4-5-3-1;;2-1(3)4;;;/h1-4,7-8H,5-6H2;1-8H;1-2H2;1-4H;;;3*1H/q;;;;+3;;;;/p-3. The summed E-state index contributed by atoms with van der Waals surface area (Å²) in [6, 6.07) is 25.4. The molecule has 0 amide bonds. The Balaban J connectivity index is 0.000000344. The molecule has 0 bridgehead atoms. The zero-order chi connectivity index (χ0) is 38.7. The zero-order valence-corrected chi connectivity index (χ0v) is 44.0. The number of carbonyl (C=O) groups excluding carboxylic acids is 4. The van der Waals surface area contributed by atoms with E-state index < -0.39 is 26.8 Å². The number of ketones is 2. The third-order valence-electron chi connectivity index (χ3n) is 5.25. The molecule has 0 spiro atoms. The van der Waals surface area contributed by atoms with Gasteiger partial charge in [-0.05, 0) is 23.2 Å². The number of hydrogen-bond donors (Lipinski definition) is 0. The van der Waals surface area contributed by atoms with Gasteiger partial charge in [-0.3, -0.25) is 9.59 Å². The van der Waals surface area contributed by atoms with Crippen LogP contribution in [-0.2, 0) is 9.59 Å². The molecule has 0 aliphatic rings. The number of rotatable bonds is 10. The summed E-state index contributed by atoms with van der Waals surface area (Å²) in [5, 5.41) is -1.06. The first kappa shape index (κ1) is 51.6. The van der Waals surface area contributed by atoms with Crippen molar-refractivity contribution in [1.82, 2.24) is 0 Å². The number of halogens is 8. The Hall–Kier alpha value is 1.59. The summed E-state index contributed by atoms with van der Waals surface area (Å²) in [6.45, 7) is 0. The van der Waals surface area contributed by atoms with Crippen LogP contribution in [0.15, 0.2) is 102 Å². The van der Waals surface area contributed by atoms with Crippen LogP contribution in [0.4, 0.5) is 0 Å². The van der Waals surface area contributed by atoms with E-state index in [2.05, 4.69) is 68.3 Å². The Bertz CT molecular complexity index is 1630. The van der Waals surface area contributed by atoms with E-state index >= 15 is 0 Å². The molecule has 0 fully saturated rings. The van der Waals surface area contributed by atoms with Crippen LogP contribution in [-0.4, -0.2) is 125 Å². The molecule has 6 aromatic heterocycles. The Kier molecular flexibility index (Phi) is 32.3. The Morgan fingerprint density at radius 3 is 1.10 bits per heavy atom. The second kappa shape index (κ2) is 32.5. The van der Waals surface area contributed by atoms with Gasteiger partial charge in [-0.25, -0.2) is 30.1 Å². The average molecular weight is 1270 g/mol. The van der Waals surface area contributed by atoms with Crippen LogP contribution < -0.4 is 0 Å². The quantitative estimate of drug-likeness (QED) is 0.0780. The molecule has 6 aromatic rings. The van der Waals surface area contributed by atoms with E-state index in [1.165, 1.54) is 0 Å². The number of carbonyl (C=O) groups is 4. The number of Topliss-reactive ketones (excluding diaryl/α,β-unsaturated/α-hetero) is 2. The molecular formula is C32H26AlBCl8O4Se6. The monoisotopic (exact) mass is 1270 g/mol. The van der Waals surface area contributed by atoms with E-state index in [1.54, 1.807) is 17.7 Å². The van der Waals surface area contributed by atoms with E-state index in [1.807, 2.05) is 34.1 Å². The van der Waals surface area contributed by atoms with Crippen LogP contribution in [0.25, 0.3) is 17.7 Å². The van der Waals surface area contributed by atoms with Gasteiger partial charge < -0.3 is 0 Å². The van der Waals surface area contributed by atoms with E-state index in [0.29, 0.717) is 70.9 Å². The fraction of sp³-hybridized carbons (Fsp3) is 0.125. The summed E-state index contributed by atoms with van der Waals surface area (Å²) in [5.41, 5.74) is 0. The van der Waals surface area contributed by atoms with Gasteiger partial charge >= 0.3 is 266 Å². The minimum absolute atomic E-state index is 0.0316. The fourth-order valence-electron chi connectivity index (χ4n) is 3.21. The fourth-order valence-corrected chi connectivity index (χ4v) is 13.7. The molecule has 6 rings (SSSR count). The summed E-state index contributed by atoms with van der Waals surface area (Å²) >= 11 is 25.3. The van der Waals surface area contributed by atoms with Crippen molar-refractivity contribution in [3.8, 4) is 17.7 Å². The first-order valence-electron chi connectivity index (χ1n) is 14.3. The van der Waals surface area contributed by atoms with Gasteiger partial charge in [0.05, 0.1) is 0 Å². The minimum atomic E-state index is -1.72. The summed E-state index contributed by atoms with van der Waals surface area (Å²) < 4.78 is 8.17. The van der Waals surface area contributed by atoms with Crippen molar-refractivity contribution in [2.75, 3.05) is 0 Å². The van der Waals surface area contributed by atoms with Crippen LogP contribution in [0, 0.1) is 0 Å². The van der Waals surface area contributed by atoms with Crippen molar-refractivity contribution >= 4 is 213 Å². The van der Waals surface area contributed by atoms with Crippen molar-refractivity contribution in [1.29, 1.82) is 0 Å². The second-order valence-corrected chi connectivity index (χ2v) is 30.1. The molecule has 52 heavy (non-hydrogen) atoms. The molecule has 0 unspecified atom stereocenters. The molecule has 0 atom stereocenters. The molecule has 0 aliphatic carbocycles. The predicted molar refractivity (Wildman–Crippen MR) is 234 cm³/mol. The number of hydrogen-bond acceptors (Lipinski definition) is 4. The third-order valence-corrected chi connectivity index (χ3v) is 18.3. The van der Waals surface area contributed by atoms with E-state index in [4.69, 9.17) is 87.7 Å². The van der Waals surface area contributed by atoms with Gasteiger partial charge in [0.15, 0.2) is 0 Å². The SMILES string of the molecule is ClB(Cl)Cl.O=C(CCC(=O)c1ccc[se]1)c1ccc[se]1.O=C(Cl)CCC(=O)Cl.[Cl][Al]([Cl])[Cl].c1c[se]c(-c2ccc(-c3ccc[se]3)[se]2)c1.c1cc[se]c1. The summed E-state index contributed by atoms with van der Waals surface area (Å²) in [4.78, 5) is 55.5. The molecule has 6 heterocycles. The Morgan fingerprint density at radius 1 is 0.500 bits per heavy atom. The van der Waals surface area contributed by atoms with Crippen molar-refractivity contribution in [3.63, 3.8) is 0 Å². The molecule has 0 aliphatic heterocycles. The first-order valence-corrected chi connectivity index (χ1v) is 32.7. The topological polar surface area (TPSA) is 68.3 Å². The second-order valence-electron chi connectivity index (χ2n) is 8.92. The first-order chi connectivity index (χ1) is 24.8. The van der Waals surface area contributed by atoms with Gasteiger partial charge in [-0.15, -0.1) is 0 Å². The van der Waals surface area contributed by atoms with Crippen LogP contribution in [0.3, 0.4) is 0 Å². The van der Waals surface area contributed by atoms with E-state index in [-0.39, 0.29) is 53.4 Å². The van der Waals surface area contributed by atoms with E-state index in [0.717, 1.165) is 8.87 Å². The average Bonchev–Trinajstić information content (AvgIpc) is 3.93. The summed E-state index contributed by atoms with van der Waals surface area (Å²) in [6.07, 6.45) is 0.789. The molecule has 0 saturated heterocycles. The van der Waals surface area contributed by atoms with E-state index in [9.17, 15) is 19.2 Å². The van der Waals surface area contributed by atoms with Crippen molar-refractivity contribution in [2.24, 2.45) is 0 Å². The Morgan fingerprint density at radius 2 is 0.846 bits per heavy atom. The predicted octanol–water partition coefficient (Wildman–Crippen LogP) is 9.25. The van der Waals surface area contributed by atoms with Crippen molar-refractivity contribution in [3.05, 3.63) is 111 Å². The van der Waals surface area contributed by atoms with Gasteiger partial charge in [0.2, 0.25) is 10.5 Å². The third kappa shape index (κ3) is 27.3. The van der Waals surface area contributed by atoms with Crippen LogP contribution >= 0.6 is 87.7 Å². The molecule has 276 valence electrons. The van der Waals surface area contributed by atoms with Crippen LogP contribution in [0.2, 0.25) is 0 Å². The van der Waals surface area contributed by atoms with Gasteiger partial charge in [0, 0.05) is 12.8 Å². The van der Waals surface area contributed by atoms with Crippen LogP contribution in [0.5, 0.6) is 0 Å². The maximum absolute atomic E-state index is 11.7. The zero-order valence-electron chi connectivity index (χ0n) is 26.5. The molecule has 0 saturated carbocycles. The van der Waals surface area contributed by atoms with Gasteiger partial charge in [-0.2, -0.15) is 34.4 Å². The molecule has 20 heteroatoms. The van der Waals surface area contributed by atoms with Crippen molar-refractivity contribution in [2.45, 2.75) is 25.7 Å². The van der Waals surface area contributed by atoms with Gasteiger partial charge in [0.1, 0.15) is 0 Å². The molecular weight excluding hydrogens is 1240 g/mol. The molecule has 0 radical (unpaired) electrons. The maximum atomic E-state index is 11.7. The molecule has 4 nitrogen and oxygen atoms in total. The normalized spacial score (nSPS) is 9.38. The van der Waals surface area contributed by atoms with Gasteiger partial charge in [0.25, 0.3) is 0 Å². The van der Waals surface area contributed by atoms with Crippen LogP contribution in [0.1, 0.15) is 44.1 Å². The van der Waals surface area contributed by atoms with Gasteiger partial charge in [-0.1, -0.05) is 0 Å². The summed E-state index contributed by atoms with van der Waals surface area (Å²) in [7, 11) is 14.8. The van der Waals surface area contributed by atoms with Crippen molar-refractivity contribution < 1.29 is 19.2 Å². The summed E-state index contributed by atoms with van der Waals surface area (Å²) in [5.74, 6) is 0.273. The Labute approximate surface area is 381 Å².